The Kier molecular flexibility index (Phi) is 1.39. The fraction of sp³-hybridized carbons (Fsp3) is 0.800. The lowest BCUT2D eigenvalue weighted by molar-refractivity contribution is 0.560. The van der Waals surface area contributed by atoms with Crippen LogP contribution in [0.5, 0.6) is 0 Å². The van der Waals surface area contributed by atoms with Crippen molar-refractivity contribution in [1.82, 2.24) is 0 Å². The van der Waals surface area contributed by atoms with Crippen LogP contribution in [-0.2, 0) is 0 Å². The summed E-state index contributed by atoms with van der Waals surface area (Å²) in [6, 6.07) is 0. The highest BCUT2D eigenvalue weighted by Crippen LogP contribution is 2.90. The molecule has 0 N–H and O–H groups in total. The molecule has 0 aromatic carbocycles. The van der Waals surface area contributed by atoms with Gasteiger partial charge in [0, 0.05) is 5.41 Å². The van der Waals surface area contributed by atoms with Gasteiger partial charge in [-0.3, -0.25) is 0 Å². The van der Waals surface area contributed by atoms with Crippen LogP contribution >= 0.6 is 23.2 Å². The van der Waals surface area contributed by atoms with Crippen LogP contribution in [0.2, 0.25) is 0 Å². The molecule has 2 saturated carbocycles. The van der Waals surface area contributed by atoms with Crippen molar-refractivity contribution >= 4 is 23.2 Å². The predicted molar refractivity (Wildman–Crippen MR) is 53.6 cm³/mol. The molecule has 2 aliphatic carbocycles. The Morgan fingerprint density at radius 1 is 1.25 bits per heavy atom. The fourth-order valence-electron chi connectivity index (χ4n) is 2.71. The second kappa shape index (κ2) is 1.88. The van der Waals surface area contributed by atoms with Crippen LogP contribution in [0.25, 0.3) is 0 Å². The highest BCUT2D eigenvalue weighted by molar-refractivity contribution is 6.55. The second-order valence-electron chi connectivity index (χ2n) is 4.92. The van der Waals surface area contributed by atoms with E-state index in [-0.39, 0.29) is 5.41 Å². The summed E-state index contributed by atoms with van der Waals surface area (Å²) >= 11 is 12.5. The Balaban J connectivity index is 2.43. The Morgan fingerprint density at radius 2 is 1.67 bits per heavy atom. The molecule has 0 aromatic rings. The maximum Gasteiger partial charge on any atom is 0.150 e. The molecule has 0 nitrogen and oxygen atoms in total. The highest BCUT2D eigenvalue weighted by atomic mass is 35.5. The number of rotatable bonds is 0. The molecule has 1 unspecified atom stereocenters. The van der Waals surface area contributed by atoms with E-state index in [1.165, 1.54) is 11.1 Å². The van der Waals surface area contributed by atoms with Gasteiger partial charge in [-0.05, 0) is 31.3 Å². The van der Waals surface area contributed by atoms with Crippen molar-refractivity contribution in [2.24, 2.45) is 10.8 Å². The molecule has 0 radical (unpaired) electrons. The van der Waals surface area contributed by atoms with E-state index in [0.29, 0.717) is 5.41 Å². The van der Waals surface area contributed by atoms with Crippen LogP contribution in [0.4, 0.5) is 0 Å². The quantitative estimate of drug-likeness (QED) is 0.415. The zero-order chi connectivity index (χ0) is 9.36. The molecule has 0 amide bonds. The first-order valence-corrected chi connectivity index (χ1v) is 5.09. The van der Waals surface area contributed by atoms with E-state index in [2.05, 4.69) is 27.7 Å². The third kappa shape index (κ3) is 0.680. The minimum atomic E-state index is -0.546. The van der Waals surface area contributed by atoms with E-state index in [0.717, 1.165) is 6.42 Å². The summed E-state index contributed by atoms with van der Waals surface area (Å²) in [7, 11) is 0. The van der Waals surface area contributed by atoms with E-state index in [9.17, 15) is 0 Å². The summed E-state index contributed by atoms with van der Waals surface area (Å²) in [5.74, 6) is 0. The summed E-state index contributed by atoms with van der Waals surface area (Å²) in [6.45, 7) is 8.67. The second-order valence-corrected chi connectivity index (χ2v) is 6.24. The summed E-state index contributed by atoms with van der Waals surface area (Å²) < 4.78 is -0.546. The Hall–Kier alpha value is 0.320. The Bertz CT molecular complexity index is 282. The molecule has 68 valence electrons. The molecule has 0 saturated heterocycles. The summed E-state index contributed by atoms with van der Waals surface area (Å²) in [4.78, 5) is 0. The van der Waals surface area contributed by atoms with Crippen molar-refractivity contribution in [3.8, 4) is 0 Å². The van der Waals surface area contributed by atoms with Crippen molar-refractivity contribution in [3.63, 3.8) is 0 Å². The molecule has 1 atom stereocenters. The third-order valence-electron chi connectivity index (χ3n) is 3.45. The monoisotopic (exact) mass is 204 g/mol. The molecule has 2 fully saturated rings. The molecule has 0 heterocycles. The maximum atomic E-state index is 6.25. The first-order valence-electron chi connectivity index (χ1n) is 4.34. The van der Waals surface area contributed by atoms with Crippen LogP contribution in [0, 0.1) is 10.8 Å². The smallest absolute Gasteiger partial charge is 0.0956 e. The average molecular weight is 205 g/mol. The topological polar surface area (TPSA) is 0 Å². The van der Waals surface area contributed by atoms with Crippen LogP contribution in [-0.4, -0.2) is 4.33 Å². The SMILES string of the molecule is CC(C)=C1C(Cl)(Cl)C12CC2(C)C. The largest absolute Gasteiger partial charge is 0.150 e. The lowest BCUT2D eigenvalue weighted by atomic mass is 10.1. The van der Waals surface area contributed by atoms with Crippen molar-refractivity contribution in [2.45, 2.75) is 38.4 Å². The van der Waals surface area contributed by atoms with E-state index >= 15 is 0 Å². The van der Waals surface area contributed by atoms with E-state index < -0.39 is 4.33 Å². The van der Waals surface area contributed by atoms with E-state index in [4.69, 9.17) is 23.2 Å². The molecular formula is C10H14Cl2. The lowest BCUT2D eigenvalue weighted by Gasteiger charge is -1.99. The van der Waals surface area contributed by atoms with Gasteiger partial charge in [-0.25, -0.2) is 0 Å². The van der Waals surface area contributed by atoms with Gasteiger partial charge in [0.15, 0.2) is 0 Å². The minimum Gasteiger partial charge on any atom is -0.0956 e. The maximum absolute atomic E-state index is 6.25. The van der Waals surface area contributed by atoms with Crippen LogP contribution < -0.4 is 0 Å². The first-order chi connectivity index (χ1) is 5.27. The molecule has 0 bridgehead atoms. The molecule has 2 aliphatic rings. The molecule has 2 heteroatoms. The number of allylic oxidation sites excluding steroid dienone is 2. The van der Waals surface area contributed by atoms with Crippen LogP contribution in [0.1, 0.15) is 34.1 Å². The Labute approximate surface area is 83.9 Å². The van der Waals surface area contributed by atoms with Crippen molar-refractivity contribution in [2.75, 3.05) is 0 Å². The van der Waals surface area contributed by atoms with E-state index in [1.807, 2.05) is 0 Å². The number of hydrogen-bond donors (Lipinski definition) is 0. The van der Waals surface area contributed by atoms with Crippen molar-refractivity contribution in [1.29, 1.82) is 0 Å². The molecule has 0 aromatic heterocycles. The third-order valence-corrected chi connectivity index (χ3v) is 4.47. The standard InChI is InChI=1S/C10H14Cl2/c1-6(2)7-9(10(7,11)12)5-8(9,3)4/h5H2,1-4H3. The Morgan fingerprint density at radius 3 is 1.75 bits per heavy atom. The minimum absolute atomic E-state index is 0.141. The summed E-state index contributed by atoms with van der Waals surface area (Å²) in [5, 5.41) is 0. The van der Waals surface area contributed by atoms with Gasteiger partial charge in [-0.1, -0.05) is 42.6 Å². The first kappa shape index (κ1) is 8.90. The van der Waals surface area contributed by atoms with Crippen LogP contribution in [0.15, 0.2) is 11.1 Å². The molecule has 2 rings (SSSR count). The molecular weight excluding hydrogens is 191 g/mol. The summed E-state index contributed by atoms with van der Waals surface area (Å²) in [6.07, 6.45) is 1.15. The van der Waals surface area contributed by atoms with Crippen molar-refractivity contribution < 1.29 is 0 Å². The fourth-order valence-corrected chi connectivity index (χ4v) is 4.15. The normalized spacial score (nSPS) is 40.0. The van der Waals surface area contributed by atoms with Gasteiger partial charge in [0.25, 0.3) is 0 Å². The lowest BCUT2D eigenvalue weighted by Crippen LogP contribution is -1.97. The van der Waals surface area contributed by atoms with Gasteiger partial charge in [-0.15, -0.1) is 0 Å². The van der Waals surface area contributed by atoms with Gasteiger partial charge in [0.05, 0.1) is 0 Å². The summed E-state index contributed by atoms with van der Waals surface area (Å²) in [5.41, 5.74) is 3.04. The molecule has 1 spiro atoms. The van der Waals surface area contributed by atoms with Gasteiger partial charge >= 0.3 is 0 Å². The average Bonchev–Trinajstić information content (AvgIpc) is 2.47. The molecule has 12 heavy (non-hydrogen) atoms. The van der Waals surface area contributed by atoms with Gasteiger partial charge in [0.1, 0.15) is 4.33 Å². The number of hydrogen-bond acceptors (Lipinski definition) is 0. The van der Waals surface area contributed by atoms with Gasteiger partial charge < -0.3 is 0 Å². The van der Waals surface area contributed by atoms with Crippen molar-refractivity contribution in [3.05, 3.63) is 11.1 Å². The van der Waals surface area contributed by atoms with Gasteiger partial charge in [-0.2, -0.15) is 0 Å². The highest BCUT2D eigenvalue weighted by Gasteiger charge is 2.87. The van der Waals surface area contributed by atoms with Crippen LogP contribution in [0.3, 0.4) is 0 Å². The predicted octanol–water partition coefficient (Wildman–Crippen LogP) is 3.93. The number of alkyl halides is 2. The zero-order valence-corrected chi connectivity index (χ0v) is 9.47. The van der Waals surface area contributed by atoms with Gasteiger partial charge in [0.2, 0.25) is 0 Å². The number of halogens is 2. The molecule has 0 aliphatic heterocycles. The van der Waals surface area contributed by atoms with E-state index in [1.54, 1.807) is 0 Å². The zero-order valence-electron chi connectivity index (χ0n) is 7.96.